The van der Waals surface area contributed by atoms with Gasteiger partial charge in [0, 0.05) is 29.5 Å². The molecule has 10 heteroatoms. The maximum absolute atomic E-state index is 13.3. The maximum atomic E-state index is 13.3. The minimum absolute atomic E-state index is 0.249. The van der Waals surface area contributed by atoms with Gasteiger partial charge >= 0.3 is 12.1 Å². The highest BCUT2D eigenvalue weighted by Gasteiger charge is 2.42. The van der Waals surface area contributed by atoms with Gasteiger partial charge < -0.3 is 24.3 Å². The van der Waals surface area contributed by atoms with Crippen LogP contribution in [0.15, 0.2) is 54.6 Å². The summed E-state index contributed by atoms with van der Waals surface area (Å²) in [6.07, 6.45) is 0.806. The molecule has 42 heavy (non-hydrogen) atoms. The lowest BCUT2D eigenvalue weighted by atomic mass is 10.1. The Bertz CT molecular complexity index is 1430. The predicted octanol–water partition coefficient (Wildman–Crippen LogP) is 5.93. The quantitative estimate of drug-likeness (QED) is 0.239. The summed E-state index contributed by atoms with van der Waals surface area (Å²) in [6.45, 7) is 7.68. The van der Waals surface area contributed by atoms with E-state index in [1.165, 1.54) is 7.11 Å². The summed E-state index contributed by atoms with van der Waals surface area (Å²) in [5, 5.41) is 3.96. The van der Waals surface area contributed by atoms with E-state index in [4.69, 9.17) is 36.1 Å². The van der Waals surface area contributed by atoms with Gasteiger partial charge in [0.05, 0.1) is 43.0 Å². The van der Waals surface area contributed by atoms with Crippen molar-refractivity contribution in [2.24, 2.45) is 0 Å². The fourth-order valence-electron chi connectivity index (χ4n) is 4.94. The number of nitrogens with zero attached hydrogens (tertiary/aromatic N) is 2. The van der Waals surface area contributed by atoms with Crippen LogP contribution in [-0.2, 0) is 14.3 Å². The lowest BCUT2D eigenvalue weighted by Crippen LogP contribution is -2.51. The van der Waals surface area contributed by atoms with Crippen molar-refractivity contribution in [2.45, 2.75) is 70.7 Å². The number of aromatic nitrogens is 1. The molecule has 0 aliphatic carbocycles. The van der Waals surface area contributed by atoms with Crippen molar-refractivity contribution >= 4 is 40.2 Å². The number of hydrogen-bond donors (Lipinski definition) is 1. The number of fused-ring (bicyclic) bond motifs is 1. The third kappa shape index (κ3) is 7.47. The molecule has 0 spiro atoms. The minimum Gasteiger partial charge on any atom is -0.497 e. The van der Waals surface area contributed by atoms with Crippen LogP contribution in [0.2, 0.25) is 0 Å². The Labute approximate surface area is 252 Å². The third-order valence-corrected chi connectivity index (χ3v) is 7.31. The van der Waals surface area contributed by atoms with E-state index in [1.807, 2.05) is 82.3 Å². The molecule has 1 N–H and O–H groups in total. The van der Waals surface area contributed by atoms with E-state index in [0.717, 1.165) is 28.6 Å². The number of nitrogens with one attached hydrogen (secondary N) is 1. The van der Waals surface area contributed by atoms with Crippen LogP contribution in [0, 0.1) is 0 Å². The number of hydrogen-bond acceptors (Lipinski definition) is 8. The number of rotatable bonds is 9. The molecular formula is C32H39N3O6S. The smallest absolute Gasteiger partial charge is 0.411 e. The number of pyridine rings is 1. The van der Waals surface area contributed by atoms with Gasteiger partial charge in [0.25, 0.3) is 0 Å². The normalized spacial score (nSPS) is 17.4. The molecule has 1 saturated heterocycles. The van der Waals surface area contributed by atoms with E-state index in [1.54, 1.807) is 12.0 Å². The summed E-state index contributed by atoms with van der Waals surface area (Å²) < 4.78 is 22.8. The van der Waals surface area contributed by atoms with Gasteiger partial charge in [-0.05, 0) is 39.3 Å². The van der Waals surface area contributed by atoms with Gasteiger partial charge in [-0.25, -0.2) is 14.6 Å². The van der Waals surface area contributed by atoms with Gasteiger partial charge in [-0.15, -0.1) is 0 Å². The molecule has 9 nitrogen and oxygen atoms in total. The first-order valence-corrected chi connectivity index (χ1v) is 14.5. The number of esters is 1. The van der Waals surface area contributed by atoms with Crippen LogP contribution < -0.4 is 14.8 Å². The van der Waals surface area contributed by atoms with Gasteiger partial charge in [0.2, 0.25) is 0 Å². The Kier molecular flexibility index (Phi) is 9.88. The Morgan fingerprint density at radius 2 is 1.86 bits per heavy atom. The van der Waals surface area contributed by atoms with Crippen LogP contribution in [0.5, 0.6) is 11.5 Å². The number of thiocarbonyl (C=S) groups is 1. The minimum atomic E-state index is -0.697. The fraction of sp³-hybridized carbons (Fsp3) is 0.438. The second-order valence-electron chi connectivity index (χ2n) is 11.3. The Morgan fingerprint density at radius 3 is 2.50 bits per heavy atom. The molecule has 3 aromatic rings. The van der Waals surface area contributed by atoms with Crippen molar-refractivity contribution in [3.63, 3.8) is 0 Å². The predicted molar refractivity (Wildman–Crippen MR) is 166 cm³/mol. The first-order valence-electron chi connectivity index (χ1n) is 14.1. The summed E-state index contributed by atoms with van der Waals surface area (Å²) in [5.41, 5.74) is 1.73. The monoisotopic (exact) mass is 593 g/mol. The van der Waals surface area contributed by atoms with Crippen molar-refractivity contribution in [1.29, 1.82) is 0 Å². The van der Waals surface area contributed by atoms with Crippen LogP contribution in [0.4, 0.5) is 4.79 Å². The number of methoxy groups -OCH3 is 2. The lowest BCUT2D eigenvalue weighted by molar-refractivity contribution is -0.142. The van der Waals surface area contributed by atoms with Crippen molar-refractivity contribution in [3.05, 3.63) is 54.6 Å². The number of likely N-dealkylation sites (tertiary alicyclic amines) is 1. The van der Waals surface area contributed by atoms with Crippen LogP contribution in [0.25, 0.3) is 22.2 Å². The molecule has 0 saturated carbocycles. The summed E-state index contributed by atoms with van der Waals surface area (Å²) >= 11 is 5.77. The number of benzene rings is 2. The topological polar surface area (TPSA) is 99.2 Å². The molecule has 2 unspecified atom stereocenters. The Balaban J connectivity index is 1.67. The zero-order chi connectivity index (χ0) is 30.4. The number of amides is 1. The van der Waals surface area contributed by atoms with E-state index < -0.39 is 35.9 Å². The summed E-state index contributed by atoms with van der Waals surface area (Å²) in [6, 6.07) is 16.3. The van der Waals surface area contributed by atoms with Gasteiger partial charge in [-0.1, -0.05) is 55.9 Å². The van der Waals surface area contributed by atoms with Crippen LogP contribution in [0.3, 0.4) is 0 Å². The van der Waals surface area contributed by atoms with E-state index in [2.05, 4.69) is 5.32 Å². The molecule has 1 aliphatic heterocycles. The zero-order valence-electron chi connectivity index (χ0n) is 25.0. The van der Waals surface area contributed by atoms with E-state index >= 15 is 0 Å². The second-order valence-corrected chi connectivity index (χ2v) is 11.7. The summed E-state index contributed by atoms with van der Waals surface area (Å²) in [5.74, 6) is 0.918. The van der Waals surface area contributed by atoms with E-state index in [-0.39, 0.29) is 6.54 Å². The van der Waals surface area contributed by atoms with Crippen molar-refractivity contribution < 1.29 is 28.5 Å². The Hall–Kier alpha value is -3.92. The summed E-state index contributed by atoms with van der Waals surface area (Å²) in [7, 11) is 2.96. The van der Waals surface area contributed by atoms with Crippen molar-refractivity contribution in [1.82, 2.24) is 15.2 Å². The maximum Gasteiger partial charge on any atom is 0.411 e. The highest BCUT2D eigenvalue weighted by molar-refractivity contribution is 7.80. The second kappa shape index (κ2) is 13.4. The van der Waals surface area contributed by atoms with Crippen LogP contribution in [0.1, 0.15) is 47.0 Å². The SMILES string of the molecule is CCCC(NC(=S)[C@@H]1CC(Oc2cc(-c3ccccc3)nc3cc(OC)ccc23)CN1C(=O)OC(C)(C)C)C(=O)OC. The van der Waals surface area contributed by atoms with Crippen LogP contribution >= 0.6 is 12.2 Å². The molecule has 1 amide bonds. The third-order valence-electron chi connectivity index (χ3n) is 6.92. The molecule has 0 radical (unpaired) electrons. The largest absolute Gasteiger partial charge is 0.497 e. The Morgan fingerprint density at radius 1 is 1.12 bits per heavy atom. The molecule has 2 heterocycles. The number of ether oxygens (including phenoxy) is 4. The van der Waals surface area contributed by atoms with Gasteiger partial charge in [0.1, 0.15) is 29.2 Å². The molecule has 2 aromatic carbocycles. The molecule has 4 rings (SSSR count). The highest BCUT2D eigenvalue weighted by Crippen LogP contribution is 2.35. The van der Waals surface area contributed by atoms with E-state index in [9.17, 15) is 9.59 Å². The lowest BCUT2D eigenvalue weighted by Gasteiger charge is -2.30. The van der Waals surface area contributed by atoms with Crippen LogP contribution in [-0.4, -0.2) is 71.5 Å². The molecule has 3 atom stereocenters. The molecule has 224 valence electrons. The van der Waals surface area contributed by atoms with Crippen molar-refractivity contribution in [2.75, 3.05) is 20.8 Å². The zero-order valence-corrected chi connectivity index (χ0v) is 25.8. The van der Waals surface area contributed by atoms with Gasteiger partial charge in [0.15, 0.2) is 0 Å². The molecule has 1 aliphatic rings. The highest BCUT2D eigenvalue weighted by atomic mass is 32.1. The molecule has 1 fully saturated rings. The molecule has 0 bridgehead atoms. The number of carbonyl (C=O) groups is 2. The molecule has 1 aromatic heterocycles. The van der Waals surface area contributed by atoms with E-state index in [0.29, 0.717) is 29.3 Å². The number of carbonyl (C=O) groups excluding carboxylic acids is 2. The van der Waals surface area contributed by atoms with Crippen molar-refractivity contribution in [3.8, 4) is 22.8 Å². The molecular weight excluding hydrogens is 554 g/mol. The summed E-state index contributed by atoms with van der Waals surface area (Å²) in [4.78, 5) is 32.6. The van der Waals surface area contributed by atoms with Gasteiger partial charge in [-0.2, -0.15) is 0 Å². The average Bonchev–Trinajstić information content (AvgIpc) is 3.40. The first kappa shape index (κ1) is 31.0. The van der Waals surface area contributed by atoms with Gasteiger partial charge in [-0.3, -0.25) is 4.90 Å². The fourth-order valence-corrected chi connectivity index (χ4v) is 5.30. The standard InChI is InChI=1S/C32H39N3O6S/c1-7-11-24(30(36)39-6)34-29(42)27-17-22(19-35(27)31(37)41-32(2,3)4)40-28-18-25(20-12-9-8-10-13-20)33-26-16-21(38-5)14-15-23(26)28/h8-10,12-16,18,22,24,27H,7,11,17,19H2,1-6H3,(H,34,42)/t22?,24?,27-/m0/s1. The average molecular weight is 594 g/mol. The first-order chi connectivity index (χ1) is 20.0.